The zero-order valence-electron chi connectivity index (χ0n) is 13.5. The van der Waals surface area contributed by atoms with Crippen LogP contribution in [0.3, 0.4) is 0 Å². The quantitative estimate of drug-likeness (QED) is 0.845. The standard InChI is InChI=1S/C16H24F2N2O2/c1-12(13-8-6-5-7-9-13)19-10-16(17,18)11-20-14(21)22-15(2,3)4/h5-9,12,19H,10-11H2,1-4H3,(H,20,21). The summed E-state index contributed by atoms with van der Waals surface area (Å²) in [5.74, 6) is -3.06. The molecule has 2 N–H and O–H groups in total. The van der Waals surface area contributed by atoms with Crippen molar-refractivity contribution in [3.63, 3.8) is 0 Å². The Hall–Kier alpha value is -1.69. The summed E-state index contributed by atoms with van der Waals surface area (Å²) in [6.45, 7) is 5.54. The number of alkyl carbamates (subject to hydrolysis) is 1. The van der Waals surface area contributed by atoms with E-state index in [1.165, 1.54) is 0 Å². The lowest BCUT2D eigenvalue weighted by molar-refractivity contribution is -0.00525. The fraction of sp³-hybridized carbons (Fsp3) is 0.562. The van der Waals surface area contributed by atoms with Gasteiger partial charge in [0.1, 0.15) is 5.60 Å². The van der Waals surface area contributed by atoms with Gasteiger partial charge in [-0.1, -0.05) is 30.3 Å². The predicted molar refractivity (Wildman–Crippen MR) is 82.0 cm³/mol. The maximum atomic E-state index is 13.8. The smallest absolute Gasteiger partial charge is 0.407 e. The minimum absolute atomic E-state index is 0.200. The third-order valence-electron chi connectivity index (χ3n) is 2.86. The number of amides is 1. The van der Waals surface area contributed by atoms with Gasteiger partial charge in [0.05, 0.1) is 13.1 Å². The number of hydrogen-bond donors (Lipinski definition) is 2. The number of ether oxygens (including phenoxy) is 1. The van der Waals surface area contributed by atoms with Gasteiger partial charge in [-0.3, -0.25) is 0 Å². The first-order valence-electron chi connectivity index (χ1n) is 7.22. The number of carbonyl (C=O) groups is 1. The number of carbonyl (C=O) groups excluding carboxylic acids is 1. The van der Waals surface area contributed by atoms with E-state index < -0.39 is 30.7 Å². The monoisotopic (exact) mass is 314 g/mol. The van der Waals surface area contributed by atoms with Crippen molar-refractivity contribution in [2.75, 3.05) is 13.1 Å². The van der Waals surface area contributed by atoms with Gasteiger partial charge in [-0.2, -0.15) is 0 Å². The van der Waals surface area contributed by atoms with Crippen LogP contribution >= 0.6 is 0 Å². The first-order valence-corrected chi connectivity index (χ1v) is 7.22. The van der Waals surface area contributed by atoms with E-state index in [9.17, 15) is 13.6 Å². The van der Waals surface area contributed by atoms with Crippen LogP contribution in [-0.2, 0) is 4.74 Å². The Morgan fingerprint density at radius 2 is 1.77 bits per heavy atom. The zero-order valence-corrected chi connectivity index (χ0v) is 13.5. The Bertz CT molecular complexity index is 473. The largest absolute Gasteiger partial charge is 0.444 e. The summed E-state index contributed by atoms with van der Waals surface area (Å²) in [6, 6.07) is 9.12. The molecule has 1 amide bonds. The second kappa shape index (κ2) is 7.54. The second-order valence-electron chi connectivity index (χ2n) is 6.22. The molecule has 1 aromatic carbocycles. The molecular formula is C16H24F2N2O2. The van der Waals surface area contributed by atoms with Crippen LogP contribution in [-0.4, -0.2) is 30.7 Å². The number of hydrogen-bond acceptors (Lipinski definition) is 3. The van der Waals surface area contributed by atoms with Gasteiger partial charge in [0.25, 0.3) is 5.92 Å². The number of nitrogens with one attached hydrogen (secondary N) is 2. The van der Waals surface area contributed by atoms with Gasteiger partial charge in [0.15, 0.2) is 0 Å². The molecule has 0 aromatic heterocycles. The van der Waals surface area contributed by atoms with Crippen molar-refractivity contribution < 1.29 is 18.3 Å². The summed E-state index contributed by atoms with van der Waals surface area (Å²) in [4.78, 5) is 11.4. The van der Waals surface area contributed by atoms with Gasteiger partial charge in [-0.25, -0.2) is 13.6 Å². The Labute approximate surface area is 130 Å². The Kier molecular flexibility index (Phi) is 6.29. The molecule has 1 atom stereocenters. The van der Waals surface area contributed by atoms with Gasteiger partial charge < -0.3 is 15.4 Å². The van der Waals surface area contributed by atoms with Crippen LogP contribution in [0.5, 0.6) is 0 Å². The Morgan fingerprint density at radius 3 is 2.32 bits per heavy atom. The van der Waals surface area contributed by atoms with Crippen LogP contribution in [0.15, 0.2) is 30.3 Å². The third kappa shape index (κ3) is 7.36. The Balaban J connectivity index is 2.39. The average Bonchev–Trinajstić information content (AvgIpc) is 2.42. The van der Waals surface area contributed by atoms with Crippen molar-refractivity contribution in [3.05, 3.63) is 35.9 Å². The van der Waals surface area contributed by atoms with Crippen LogP contribution < -0.4 is 10.6 Å². The molecule has 1 unspecified atom stereocenters. The molecule has 124 valence electrons. The number of halogens is 2. The molecule has 0 radical (unpaired) electrons. The molecule has 6 heteroatoms. The number of benzene rings is 1. The molecule has 0 saturated carbocycles. The zero-order chi connectivity index (χ0) is 16.8. The van der Waals surface area contributed by atoms with Crippen LogP contribution in [0.4, 0.5) is 13.6 Å². The predicted octanol–water partition coefficient (Wildman–Crippen LogP) is 3.50. The molecule has 0 aliphatic carbocycles. The highest BCUT2D eigenvalue weighted by atomic mass is 19.3. The molecule has 0 aliphatic rings. The summed E-state index contributed by atoms with van der Waals surface area (Å²) in [5, 5.41) is 4.86. The van der Waals surface area contributed by atoms with Crippen molar-refractivity contribution in [1.29, 1.82) is 0 Å². The normalized spacial score (nSPS) is 13.5. The number of rotatable bonds is 6. The van der Waals surface area contributed by atoms with Crippen molar-refractivity contribution in [2.45, 2.75) is 45.3 Å². The molecular weight excluding hydrogens is 290 g/mol. The summed E-state index contributed by atoms with van der Waals surface area (Å²) in [5.41, 5.74) is 0.220. The third-order valence-corrected chi connectivity index (χ3v) is 2.86. The molecule has 1 aromatic rings. The van der Waals surface area contributed by atoms with Gasteiger partial charge in [0, 0.05) is 6.04 Å². The van der Waals surface area contributed by atoms with E-state index in [4.69, 9.17) is 4.74 Å². The minimum Gasteiger partial charge on any atom is -0.444 e. The maximum Gasteiger partial charge on any atom is 0.407 e. The van der Waals surface area contributed by atoms with Crippen LogP contribution in [0.1, 0.15) is 39.3 Å². The summed E-state index contributed by atoms with van der Waals surface area (Å²) in [6.07, 6.45) is -0.844. The maximum absolute atomic E-state index is 13.8. The van der Waals surface area contributed by atoms with E-state index in [0.717, 1.165) is 5.56 Å². The van der Waals surface area contributed by atoms with Crippen LogP contribution in [0.25, 0.3) is 0 Å². The molecule has 0 bridgehead atoms. The molecule has 0 heterocycles. The minimum atomic E-state index is -3.06. The van der Waals surface area contributed by atoms with E-state index in [1.807, 2.05) is 37.3 Å². The lowest BCUT2D eigenvalue weighted by Crippen LogP contribution is -2.45. The van der Waals surface area contributed by atoms with Crippen LogP contribution in [0.2, 0.25) is 0 Å². The van der Waals surface area contributed by atoms with Gasteiger partial charge >= 0.3 is 6.09 Å². The van der Waals surface area contributed by atoms with Gasteiger partial charge in [-0.05, 0) is 33.3 Å². The van der Waals surface area contributed by atoms with E-state index >= 15 is 0 Å². The highest BCUT2D eigenvalue weighted by Gasteiger charge is 2.30. The van der Waals surface area contributed by atoms with Gasteiger partial charge in [0.2, 0.25) is 0 Å². The van der Waals surface area contributed by atoms with E-state index in [2.05, 4.69) is 10.6 Å². The summed E-state index contributed by atoms with van der Waals surface area (Å²) < 4.78 is 32.4. The van der Waals surface area contributed by atoms with E-state index in [1.54, 1.807) is 20.8 Å². The Morgan fingerprint density at radius 1 is 1.18 bits per heavy atom. The molecule has 0 fully saturated rings. The highest BCUT2D eigenvalue weighted by molar-refractivity contribution is 5.67. The first kappa shape index (κ1) is 18.4. The van der Waals surface area contributed by atoms with Crippen molar-refractivity contribution in [2.24, 2.45) is 0 Å². The number of alkyl halides is 2. The fourth-order valence-electron chi connectivity index (χ4n) is 1.74. The van der Waals surface area contributed by atoms with Crippen molar-refractivity contribution >= 4 is 6.09 Å². The molecule has 22 heavy (non-hydrogen) atoms. The average molecular weight is 314 g/mol. The van der Waals surface area contributed by atoms with Crippen molar-refractivity contribution in [1.82, 2.24) is 10.6 Å². The molecule has 0 saturated heterocycles. The fourth-order valence-corrected chi connectivity index (χ4v) is 1.74. The lowest BCUT2D eigenvalue weighted by atomic mass is 10.1. The summed E-state index contributed by atoms with van der Waals surface area (Å²) >= 11 is 0. The van der Waals surface area contributed by atoms with Crippen LogP contribution in [0, 0.1) is 0 Å². The molecule has 1 rings (SSSR count). The SMILES string of the molecule is CC(NCC(F)(F)CNC(=O)OC(C)(C)C)c1ccccc1. The second-order valence-corrected chi connectivity index (χ2v) is 6.22. The molecule has 4 nitrogen and oxygen atoms in total. The lowest BCUT2D eigenvalue weighted by Gasteiger charge is -2.23. The van der Waals surface area contributed by atoms with Crippen molar-refractivity contribution in [3.8, 4) is 0 Å². The van der Waals surface area contributed by atoms with Gasteiger partial charge in [-0.15, -0.1) is 0 Å². The first-order chi connectivity index (χ1) is 10.1. The molecule has 0 aliphatic heterocycles. The van der Waals surface area contributed by atoms with E-state index in [0.29, 0.717) is 0 Å². The topological polar surface area (TPSA) is 50.4 Å². The highest BCUT2D eigenvalue weighted by Crippen LogP contribution is 2.16. The summed E-state index contributed by atoms with van der Waals surface area (Å²) in [7, 11) is 0. The van der Waals surface area contributed by atoms with E-state index in [-0.39, 0.29) is 6.04 Å². The molecule has 0 spiro atoms.